The van der Waals surface area contributed by atoms with E-state index < -0.39 is 71.3 Å². The summed E-state index contributed by atoms with van der Waals surface area (Å²) in [6.45, 7) is 1.06. The van der Waals surface area contributed by atoms with Gasteiger partial charge in [-0.1, -0.05) is 60.7 Å². The van der Waals surface area contributed by atoms with Crippen molar-refractivity contribution in [3.8, 4) is 0 Å². The zero-order chi connectivity index (χ0) is 44.2. The number of carboxylic acid groups (broad SMARTS) is 2. The summed E-state index contributed by atoms with van der Waals surface area (Å²) in [6, 6.07) is 17.7. The Morgan fingerprint density at radius 2 is 0.952 bits per heavy atom. The van der Waals surface area contributed by atoms with Crippen molar-refractivity contribution in [3.63, 3.8) is 0 Å². The molecule has 4 heterocycles. The van der Waals surface area contributed by atoms with E-state index in [9.17, 15) is 48.6 Å². The number of rotatable bonds is 16. The minimum absolute atomic E-state index is 0.136. The quantitative estimate of drug-likeness (QED) is 0.0484. The van der Waals surface area contributed by atoms with Gasteiger partial charge in [0.25, 0.3) is 23.4 Å². The zero-order valence-electron chi connectivity index (χ0n) is 33.3. The molecule has 322 valence electrons. The lowest BCUT2D eigenvalue weighted by atomic mass is 10.1. The van der Waals surface area contributed by atoms with Crippen molar-refractivity contribution < 1.29 is 48.6 Å². The normalized spacial score (nSPS) is 17.2. The first-order valence-corrected chi connectivity index (χ1v) is 21.3. The van der Waals surface area contributed by atoms with Crippen molar-refractivity contribution in [2.75, 3.05) is 24.6 Å². The predicted octanol–water partition coefficient (Wildman–Crippen LogP) is 3.04. The summed E-state index contributed by atoms with van der Waals surface area (Å²) in [5.41, 5.74) is 3.57. The van der Waals surface area contributed by atoms with Crippen LogP contribution in [0.3, 0.4) is 0 Å². The zero-order valence-corrected chi connectivity index (χ0v) is 35.1. The largest absolute Gasteiger partial charge is 0.480 e. The average Bonchev–Trinajstić information content (AvgIpc) is 4.10. The van der Waals surface area contributed by atoms with E-state index >= 15 is 0 Å². The van der Waals surface area contributed by atoms with Gasteiger partial charge in [0.2, 0.25) is 11.8 Å². The van der Waals surface area contributed by atoms with Gasteiger partial charge in [0.05, 0.1) is 11.1 Å². The van der Waals surface area contributed by atoms with Crippen LogP contribution in [0.2, 0.25) is 0 Å². The number of nitrogens with zero attached hydrogens (tertiary/aromatic N) is 4. The molecule has 18 heteroatoms. The van der Waals surface area contributed by atoms with Crippen LogP contribution in [0.4, 0.5) is 0 Å². The van der Waals surface area contributed by atoms with Gasteiger partial charge in [0.1, 0.15) is 24.2 Å². The number of likely N-dealkylation sites (tertiary alicyclic amines) is 2. The number of hydrogen-bond donors (Lipinski definition) is 6. The van der Waals surface area contributed by atoms with Crippen LogP contribution in [0.15, 0.2) is 85.2 Å². The number of Topliss-reactive ketones (excluding diaryl/α,β-unsaturated/α-hetero) is 2. The second-order valence-corrected chi connectivity index (χ2v) is 16.1. The molecule has 0 aliphatic carbocycles. The Morgan fingerprint density at radius 3 is 1.31 bits per heavy atom. The summed E-state index contributed by atoms with van der Waals surface area (Å²) in [5, 5.41) is 24.7. The van der Waals surface area contributed by atoms with Crippen LogP contribution in [0.25, 0.3) is 21.8 Å². The lowest BCUT2D eigenvalue weighted by Crippen LogP contribution is -2.52. The molecule has 4 N–H and O–H groups in total. The summed E-state index contributed by atoms with van der Waals surface area (Å²) in [6.07, 6.45) is 4.79. The summed E-state index contributed by atoms with van der Waals surface area (Å²) in [4.78, 5) is 106. The van der Waals surface area contributed by atoms with Gasteiger partial charge in [-0.2, -0.15) is 25.3 Å². The van der Waals surface area contributed by atoms with Crippen molar-refractivity contribution in [2.24, 2.45) is 0 Å². The molecule has 2 aliphatic heterocycles. The number of carboxylic acids is 2. The third-order valence-corrected chi connectivity index (χ3v) is 12.1. The Morgan fingerprint density at radius 1 is 0.581 bits per heavy atom. The number of para-hydroxylation sites is 2. The number of thiol groups is 2. The number of nitrogens with one attached hydrogen (secondary N) is 2. The lowest BCUT2D eigenvalue weighted by Gasteiger charge is -2.24. The van der Waals surface area contributed by atoms with Crippen LogP contribution in [-0.2, 0) is 41.9 Å². The number of benzene rings is 3. The smallest absolute Gasteiger partial charge is 0.327 e. The number of carbonyl (C=O) groups excluding carboxylic acids is 6. The molecule has 2 aliphatic rings. The van der Waals surface area contributed by atoms with Gasteiger partial charge in [0.15, 0.2) is 0 Å². The summed E-state index contributed by atoms with van der Waals surface area (Å²) < 4.78 is 3.74. The van der Waals surface area contributed by atoms with Gasteiger partial charge in [-0.05, 0) is 48.9 Å². The van der Waals surface area contributed by atoms with Crippen molar-refractivity contribution >= 4 is 94.2 Å². The molecule has 16 nitrogen and oxygen atoms in total. The number of fused-ring (bicyclic) bond motifs is 2. The molecule has 0 saturated carbocycles. The Kier molecular flexibility index (Phi) is 13.2. The summed E-state index contributed by atoms with van der Waals surface area (Å²) >= 11 is 7.98. The van der Waals surface area contributed by atoms with Crippen LogP contribution < -0.4 is 10.6 Å². The number of hydrogen-bond acceptors (Lipinski definition) is 10. The molecule has 7 rings (SSSR count). The Balaban J connectivity index is 1.06. The molecule has 2 aromatic heterocycles. The second kappa shape index (κ2) is 18.7. The number of amides is 4. The van der Waals surface area contributed by atoms with Crippen LogP contribution >= 0.6 is 25.3 Å². The number of aliphatic carboxylic acids is 2. The van der Waals surface area contributed by atoms with E-state index in [0.717, 1.165) is 22.2 Å². The monoisotopic (exact) mass is 880 g/mol. The molecule has 0 bridgehead atoms. The fourth-order valence-corrected chi connectivity index (χ4v) is 8.72. The minimum Gasteiger partial charge on any atom is -0.480 e. The maximum absolute atomic E-state index is 13.8. The van der Waals surface area contributed by atoms with Crippen LogP contribution in [0, 0.1) is 0 Å². The van der Waals surface area contributed by atoms with E-state index in [-0.39, 0.29) is 48.6 Å². The molecule has 5 aromatic rings. The fourth-order valence-electron chi connectivity index (χ4n) is 8.22. The molecular weight excluding hydrogens is 837 g/mol. The molecule has 3 aromatic carbocycles. The highest BCUT2D eigenvalue weighted by atomic mass is 32.1. The van der Waals surface area contributed by atoms with Crippen molar-refractivity contribution in [1.29, 1.82) is 0 Å². The molecule has 2 fully saturated rings. The van der Waals surface area contributed by atoms with E-state index in [1.807, 2.05) is 57.7 Å². The number of carbonyl (C=O) groups is 8. The fraction of sp³-hybridized carbons (Fsp3) is 0.318. The molecule has 4 atom stereocenters. The highest BCUT2D eigenvalue weighted by Gasteiger charge is 2.40. The molecule has 2 saturated heterocycles. The minimum atomic E-state index is -1.25. The van der Waals surface area contributed by atoms with Crippen LogP contribution in [0.1, 0.15) is 57.5 Å². The van der Waals surface area contributed by atoms with E-state index in [2.05, 4.69) is 35.9 Å². The predicted molar refractivity (Wildman–Crippen MR) is 233 cm³/mol. The van der Waals surface area contributed by atoms with Gasteiger partial charge < -0.3 is 39.8 Å². The van der Waals surface area contributed by atoms with Crippen LogP contribution in [-0.4, -0.2) is 125 Å². The summed E-state index contributed by atoms with van der Waals surface area (Å²) in [5.74, 6) is -7.32. The highest BCUT2D eigenvalue weighted by molar-refractivity contribution is 7.80. The SMILES string of the molecule is O=C(C(=O)N1CCCC1C(=O)N[C@@H](CS)C(=O)O)c1cn(Cc2ccc(Cn3cc(C(=O)C(=O)N4CCC[C@H]4C(=O)N[C@@H](CS)C(=O)O)c4ccccc43)cc2)c2ccccc12. The Bertz CT molecular complexity index is 2430. The average molecular weight is 881 g/mol. The number of aromatic nitrogens is 2. The van der Waals surface area contributed by atoms with E-state index in [1.165, 1.54) is 9.80 Å². The van der Waals surface area contributed by atoms with Gasteiger partial charge >= 0.3 is 11.9 Å². The van der Waals surface area contributed by atoms with E-state index in [1.54, 1.807) is 36.7 Å². The highest BCUT2D eigenvalue weighted by Crippen LogP contribution is 2.28. The summed E-state index contributed by atoms with van der Waals surface area (Å²) in [7, 11) is 0. The van der Waals surface area contributed by atoms with Crippen molar-refractivity contribution in [2.45, 2.75) is 62.9 Å². The van der Waals surface area contributed by atoms with Crippen molar-refractivity contribution in [1.82, 2.24) is 29.6 Å². The lowest BCUT2D eigenvalue weighted by molar-refractivity contribution is -0.143. The second-order valence-electron chi connectivity index (χ2n) is 15.3. The topological polar surface area (TPSA) is 217 Å². The third-order valence-electron chi connectivity index (χ3n) is 11.4. The van der Waals surface area contributed by atoms with Crippen molar-refractivity contribution in [3.05, 3.63) is 107 Å². The molecule has 0 radical (unpaired) electrons. The van der Waals surface area contributed by atoms with Crippen LogP contribution in [0.5, 0.6) is 0 Å². The first-order valence-electron chi connectivity index (χ1n) is 20.0. The maximum Gasteiger partial charge on any atom is 0.327 e. The first kappa shape index (κ1) is 43.7. The molecular formula is C44H44N6O10S2. The third kappa shape index (κ3) is 8.83. The van der Waals surface area contributed by atoms with Gasteiger partial charge in [0, 0.05) is 71.9 Å². The number of ketones is 2. The molecule has 0 spiro atoms. The van der Waals surface area contributed by atoms with Gasteiger partial charge in [-0.3, -0.25) is 28.8 Å². The van der Waals surface area contributed by atoms with Gasteiger partial charge in [-0.25, -0.2) is 9.59 Å². The van der Waals surface area contributed by atoms with E-state index in [0.29, 0.717) is 36.7 Å². The molecule has 4 amide bonds. The first-order chi connectivity index (χ1) is 29.8. The standard InChI is InChI=1S/C44H44N6O10S2/c51-37(41(55)49-17-5-11-35(49)39(53)45-31(23-61)43(57)58)29-21-47(33-9-3-1-7-27(29)33)19-25-13-15-26(16-14-25)20-48-22-30(28-8-2-4-10-34(28)48)38(52)42(56)50-18-6-12-36(50)40(54)46-32(24-62)44(59)60/h1-4,7-10,13-16,21-22,31-32,35-36,61-62H,5-6,11-12,17-20,23-24H2,(H,45,53)(H,46,54)(H,57,58)(H,59,60)/t31-,32-,35-,36?/m0/s1. The van der Waals surface area contributed by atoms with Gasteiger partial charge in [-0.15, -0.1) is 0 Å². The molecule has 1 unspecified atom stereocenters. The molecule has 62 heavy (non-hydrogen) atoms. The Hall–Kier alpha value is -6.40. The van der Waals surface area contributed by atoms with E-state index in [4.69, 9.17) is 0 Å². The maximum atomic E-state index is 13.8. The Labute approximate surface area is 366 Å².